The minimum atomic E-state index is -0.440. The molecule has 0 spiro atoms. The van der Waals surface area contributed by atoms with Crippen LogP contribution in [0, 0.1) is 5.82 Å². The number of aromatic nitrogens is 2. The van der Waals surface area contributed by atoms with Gasteiger partial charge in [0.1, 0.15) is 11.6 Å². The minimum Gasteiger partial charge on any atom is -0.383 e. The number of hydrogen-bond donors (Lipinski definition) is 2. The average molecular weight is 246 g/mol. The summed E-state index contributed by atoms with van der Waals surface area (Å²) in [4.78, 5) is 19.3. The molecule has 0 aliphatic rings. The number of nitrogens with zero attached hydrogens (tertiary/aromatic N) is 2. The maximum atomic E-state index is 13.5. The topological polar surface area (TPSA) is 80.9 Å². The number of hydrogen-bond acceptors (Lipinski definition) is 4. The van der Waals surface area contributed by atoms with E-state index in [-0.39, 0.29) is 28.7 Å². The van der Waals surface area contributed by atoms with Crippen molar-refractivity contribution in [3.63, 3.8) is 0 Å². The van der Waals surface area contributed by atoms with Crippen molar-refractivity contribution >= 4 is 11.7 Å². The summed E-state index contributed by atoms with van der Waals surface area (Å²) in [7, 11) is 1.48. The summed E-state index contributed by atoms with van der Waals surface area (Å²) in [6.45, 7) is 0. The van der Waals surface area contributed by atoms with Crippen LogP contribution in [0.3, 0.4) is 0 Å². The SMILES string of the molecule is CNC(=O)c1cnc(-c2ccccc2F)nc1N. The van der Waals surface area contributed by atoms with E-state index in [1.165, 1.54) is 19.3 Å². The van der Waals surface area contributed by atoms with Crippen LogP contribution in [0.5, 0.6) is 0 Å². The van der Waals surface area contributed by atoms with E-state index in [9.17, 15) is 9.18 Å². The molecular weight excluding hydrogens is 235 g/mol. The molecule has 0 bridgehead atoms. The van der Waals surface area contributed by atoms with Crippen LogP contribution < -0.4 is 11.1 Å². The molecule has 0 aliphatic carbocycles. The van der Waals surface area contributed by atoms with Gasteiger partial charge in [-0.25, -0.2) is 14.4 Å². The first-order chi connectivity index (χ1) is 8.63. The normalized spacial score (nSPS) is 10.1. The van der Waals surface area contributed by atoms with Crippen molar-refractivity contribution < 1.29 is 9.18 Å². The van der Waals surface area contributed by atoms with Gasteiger partial charge in [-0.2, -0.15) is 0 Å². The molecule has 0 saturated heterocycles. The Morgan fingerprint density at radius 1 is 1.39 bits per heavy atom. The van der Waals surface area contributed by atoms with Crippen LogP contribution in [0.2, 0.25) is 0 Å². The number of amides is 1. The molecule has 0 atom stereocenters. The van der Waals surface area contributed by atoms with E-state index in [2.05, 4.69) is 15.3 Å². The van der Waals surface area contributed by atoms with Gasteiger partial charge in [0.05, 0.1) is 11.1 Å². The average Bonchev–Trinajstić information content (AvgIpc) is 2.38. The highest BCUT2D eigenvalue weighted by Crippen LogP contribution is 2.20. The third-order valence-corrected chi connectivity index (χ3v) is 2.40. The lowest BCUT2D eigenvalue weighted by Crippen LogP contribution is -2.20. The smallest absolute Gasteiger partial charge is 0.256 e. The maximum absolute atomic E-state index is 13.5. The Kier molecular flexibility index (Phi) is 3.18. The van der Waals surface area contributed by atoms with Crippen molar-refractivity contribution in [1.29, 1.82) is 0 Å². The molecule has 0 radical (unpaired) electrons. The molecule has 5 nitrogen and oxygen atoms in total. The molecule has 2 aromatic rings. The van der Waals surface area contributed by atoms with Crippen LogP contribution >= 0.6 is 0 Å². The number of halogens is 1. The monoisotopic (exact) mass is 246 g/mol. The fraction of sp³-hybridized carbons (Fsp3) is 0.0833. The van der Waals surface area contributed by atoms with Gasteiger partial charge in [-0.15, -0.1) is 0 Å². The molecule has 1 heterocycles. The third-order valence-electron chi connectivity index (χ3n) is 2.40. The van der Waals surface area contributed by atoms with E-state index in [4.69, 9.17) is 5.73 Å². The van der Waals surface area contributed by atoms with E-state index in [0.29, 0.717) is 0 Å². The Morgan fingerprint density at radius 3 is 2.72 bits per heavy atom. The molecule has 0 unspecified atom stereocenters. The fourth-order valence-corrected chi connectivity index (χ4v) is 1.48. The summed E-state index contributed by atoms with van der Waals surface area (Å²) in [6.07, 6.45) is 1.28. The molecule has 1 aromatic heterocycles. The molecular formula is C12H11FN4O. The van der Waals surface area contributed by atoms with Crippen molar-refractivity contribution in [2.24, 2.45) is 0 Å². The number of anilines is 1. The maximum Gasteiger partial charge on any atom is 0.256 e. The first-order valence-electron chi connectivity index (χ1n) is 5.23. The molecule has 92 valence electrons. The van der Waals surface area contributed by atoms with Gasteiger partial charge in [0.15, 0.2) is 5.82 Å². The largest absolute Gasteiger partial charge is 0.383 e. The number of benzene rings is 1. The zero-order valence-corrected chi connectivity index (χ0v) is 9.64. The molecule has 0 saturated carbocycles. The molecule has 3 N–H and O–H groups in total. The van der Waals surface area contributed by atoms with E-state index >= 15 is 0 Å². The van der Waals surface area contributed by atoms with Crippen LogP contribution in [-0.4, -0.2) is 22.9 Å². The standard InChI is InChI=1S/C12H11FN4O/c1-15-12(18)8-6-16-11(17-10(8)14)7-4-2-3-5-9(7)13/h2-6H,1H3,(H,15,18)(H2,14,16,17). The zero-order chi connectivity index (χ0) is 13.1. The summed E-state index contributed by atoms with van der Waals surface area (Å²) in [5.74, 6) is -0.655. The lowest BCUT2D eigenvalue weighted by atomic mass is 10.2. The van der Waals surface area contributed by atoms with Crippen LogP contribution in [0.4, 0.5) is 10.2 Å². The van der Waals surface area contributed by atoms with Gasteiger partial charge < -0.3 is 11.1 Å². The van der Waals surface area contributed by atoms with Crippen molar-refractivity contribution in [3.8, 4) is 11.4 Å². The van der Waals surface area contributed by atoms with Crippen molar-refractivity contribution in [2.75, 3.05) is 12.8 Å². The number of nitrogen functional groups attached to an aromatic ring is 1. The molecule has 18 heavy (non-hydrogen) atoms. The van der Waals surface area contributed by atoms with Crippen LogP contribution in [0.15, 0.2) is 30.5 Å². The number of rotatable bonds is 2. The molecule has 1 amide bonds. The van der Waals surface area contributed by atoms with E-state index in [1.807, 2.05) is 0 Å². The first-order valence-corrected chi connectivity index (χ1v) is 5.23. The molecule has 0 aliphatic heterocycles. The van der Waals surface area contributed by atoms with Crippen molar-refractivity contribution in [1.82, 2.24) is 15.3 Å². The summed E-state index contributed by atoms with van der Waals surface area (Å²) < 4.78 is 13.5. The number of nitrogens with two attached hydrogens (primary N) is 1. The summed E-state index contributed by atoms with van der Waals surface area (Å²) in [6, 6.07) is 6.09. The lowest BCUT2D eigenvalue weighted by Gasteiger charge is -2.06. The Morgan fingerprint density at radius 2 is 2.11 bits per heavy atom. The van der Waals surface area contributed by atoms with Gasteiger partial charge in [-0.05, 0) is 12.1 Å². The molecule has 1 aromatic carbocycles. The predicted octanol–water partition coefficient (Wildman–Crippen LogP) is 1.22. The van der Waals surface area contributed by atoms with Gasteiger partial charge in [-0.1, -0.05) is 12.1 Å². The summed E-state index contributed by atoms with van der Waals surface area (Å²) in [5.41, 5.74) is 6.06. The van der Waals surface area contributed by atoms with Gasteiger partial charge >= 0.3 is 0 Å². The second-order valence-corrected chi connectivity index (χ2v) is 3.55. The van der Waals surface area contributed by atoms with Crippen LogP contribution in [0.1, 0.15) is 10.4 Å². The van der Waals surface area contributed by atoms with E-state index in [1.54, 1.807) is 18.2 Å². The fourth-order valence-electron chi connectivity index (χ4n) is 1.48. The van der Waals surface area contributed by atoms with Gasteiger partial charge in [0, 0.05) is 13.2 Å². The number of carbonyl (C=O) groups excluding carboxylic acids is 1. The highest BCUT2D eigenvalue weighted by molar-refractivity contribution is 5.98. The van der Waals surface area contributed by atoms with E-state index < -0.39 is 5.82 Å². The first kappa shape index (κ1) is 12.0. The molecule has 2 rings (SSSR count). The lowest BCUT2D eigenvalue weighted by molar-refractivity contribution is 0.0963. The summed E-state index contributed by atoms with van der Waals surface area (Å²) >= 11 is 0. The van der Waals surface area contributed by atoms with Gasteiger partial charge in [0.25, 0.3) is 5.91 Å². The zero-order valence-electron chi connectivity index (χ0n) is 9.64. The van der Waals surface area contributed by atoms with Crippen LogP contribution in [-0.2, 0) is 0 Å². The molecule has 0 fully saturated rings. The van der Waals surface area contributed by atoms with Crippen LogP contribution in [0.25, 0.3) is 11.4 Å². The van der Waals surface area contributed by atoms with Gasteiger partial charge in [0.2, 0.25) is 0 Å². The highest BCUT2D eigenvalue weighted by Gasteiger charge is 2.13. The van der Waals surface area contributed by atoms with Gasteiger partial charge in [-0.3, -0.25) is 4.79 Å². The van der Waals surface area contributed by atoms with E-state index in [0.717, 1.165) is 0 Å². The Bertz CT molecular complexity index is 600. The number of nitrogens with one attached hydrogen (secondary N) is 1. The molecule has 6 heteroatoms. The highest BCUT2D eigenvalue weighted by atomic mass is 19.1. The summed E-state index contributed by atoms with van der Waals surface area (Å²) in [5, 5.41) is 2.42. The number of carbonyl (C=O) groups is 1. The Labute approximate surface area is 103 Å². The Balaban J connectivity index is 2.47. The minimum absolute atomic E-state index is 0.0163. The third kappa shape index (κ3) is 2.13. The predicted molar refractivity (Wildman–Crippen MR) is 65.2 cm³/mol. The van der Waals surface area contributed by atoms with Crippen molar-refractivity contribution in [2.45, 2.75) is 0 Å². The quantitative estimate of drug-likeness (QED) is 0.835. The Hall–Kier alpha value is -2.50. The second kappa shape index (κ2) is 4.79. The second-order valence-electron chi connectivity index (χ2n) is 3.55. The van der Waals surface area contributed by atoms with Crippen molar-refractivity contribution in [3.05, 3.63) is 41.8 Å².